The molecule has 1 saturated carbocycles. The van der Waals surface area contributed by atoms with Crippen LogP contribution in [-0.4, -0.2) is 20.8 Å². The predicted octanol–water partition coefficient (Wildman–Crippen LogP) is 2.16. The van der Waals surface area contributed by atoms with Crippen LogP contribution in [-0.2, 0) is 6.42 Å². The molecule has 1 aliphatic heterocycles. The van der Waals surface area contributed by atoms with Gasteiger partial charge in [0.2, 0.25) is 0 Å². The molecule has 2 unspecified atom stereocenters. The molecule has 1 aromatic rings. The van der Waals surface area contributed by atoms with Crippen molar-refractivity contribution in [1.82, 2.24) is 14.8 Å². The van der Waals surface area contributed by atoms with Gasteiger partial charge in [-0.25, -0.2) is 9.67 Å². The van der Waals surface area contributed by atoms with Crippen LogP contribution in [0.3, 0.4) is 0 Å². The largest absolute Gasteiger partial charge is 0.326 e. The fourth-order valence-electron chi connectivity index (χ4n) is 3.12. The predicted molar refractivity (Wildman–Crippen MR) is 66.9 cm³/mol. The Bertz CT molecular complexity index is 392. The third kappa shape index (κ3) is 1.99. The first-order valence-electron chi connectivity index (χ1n) is 6.96. The van der Waals surface area contributed by atoms with E-state index in [0.717, 1.165) is 24.5 Å². The van der Waals surface area contributed by atoms with E-state index in [2.05, 4.69) is 11.6 Å². The molecular weight excluding hydrogens is 212 g/mol. The van der Waals surface area contributed by atoms with Gasteiger partial charge >= 0.3 is 0 Å². The Morgan fingerprint density at radius 2 is 1.94 bits per heavy atom. The fraction of sp³-hybridized carbons (Fsp3) is 0.846. The molecule has 0 radical (unpaired) electrons. The molecular formula is C13H22N4. The van der Waals surface area contributed by atoms with E-state index in [-0.39, 0.29) is 6.04 Å². The van der Waals surface area contributed by atoms with Crippen molar-refractivity contribution in [3.63, 3.8) is 0 Å². The molecule has 2 atom stereocenters. The maximum Gasteiger partial charge on any atom is 0.154 e. The average Bonchev–Trinajstić information content (AvgIpc) is 2.80. The van der Waals surface area contributed by atoms with E-state index in [1.807, 2.05) is 0 Å². The fourth-order valence-corrected chi connectivity index (χ4v) is 3.12. The zero-order valence-electron chi connectivity index (χ0n) is 10.6. The maximum absolute atomic E-state index is 6.09. The molecule has 2 aliphatic rings. The second kappa shape index (κ2) is 4.41. The number of nitrogens with two attached hydrogens (primary N) is 1. The summed E-state index contributed by atoms with van der Waals surface area (Å²) in [7, 11) is 0. The normalized spacial score (nSPS) is 30.2. The van der Waals surface area contributed by atoms with Gasteiger partial charge in [0.25, 0.3) is 0 Å². The van der Waals surface area contributed by atoms with Crippen LogP contribution >= 0.6 is 0 Å². The number of hydrogen-bond acceptors (Lipinski definition) is 3. The highest BCUT2D eigenvalue weighted by molar-refractivity contribution is 5.05. The summed E-state index contributed by atoms with van der Waals surface area (Å²) in [5.74, 6) is 2.84. The van der Waals surface area contributed by atoms with Crippen molar-refractivity contribution < 1.29 is 0 Å². The molecule has 2 heterocycles. The number of hydrogen-bond donors (Lipinski definition) is 1. The monoisotopic (exact) mass is 234 g/mol. The van der Waals surface area contributed by atoms with Crippen LogP contribution in [0.5, 0.6) is 0 Å². The highest BCUT2D eigenvalue weighted by Gasteiger charge is 2.28. The summed E-state index contributed by atoms with van der Waals surface area (Å²) in [6.07, 6.45) is 8.63. The minimum atomic E-state index is 0.239. The van der Waals surface area contributed by atoms with Crippen molar-refractivity contribution in [1.29, 1.82) is 0 Å². The zero-order valence-corrected chi connectivity index (χ0v) is 10.6. The molecule has 1 aromatic heterocycles. The van der Waals surface area contributed by atoms with E-state index in [4.69, 9.17) is 15.8 Å². The quantitative estimate of drug-likeness (QED) is 0.810. The third-order valence-corrected chi connectivity index (χ3v) is 4.40. The molecule has 0 bridgehead atoms. The van der Waals surface area contributed by atoms with Gasteiger partial charge in [-0.2, -0.15) is 5.10 Å². The Morgan fingerprint density at radius 3 is 2.71 bits per heavy atom. The van der Waals surface area contributed by atoms with Gasteiger partial charge in [0.15, 0.2) is 5.82 Å². The van der Waals surface area contributed by atoms with Crippen molar-refractivity contribution in [3.05, 3.63) is 11.6 Å². The molecule has 1 aliphatic carbocycles. The molecule has 2 N–H and O–H groups in total. The Hall–Kier alpha value is -0.900. The Kier molecular flexibility index (Phi) is 2.90. The van der Waals surface area contributed by atoms with Crippen molar-refractivity contribution in [2.24, 2.45) is 5.73 Å². The Balaban J connectivity index is 1.85. The van der Waals surface area contributed by atoms with Gasteiger partial charge in [0.1, 0.15) is 5.82 Å². The summed E-state index contributed by atoms with van der Waals surface area (Å²) in [6.45, 7) is 2.16. The van der Waals surface area contributed by atoms with E-state index < -0.39 is 0 Å². The van der Waals surface area contributed by atoms with E-state index in [0.29, 0.717) is 12.0 Å². The van der Waals surface area contributed by atoms with E-state index >= 15 is 0 Å². The van der Waals surface area contributed by atoms with Crippen molar-refractivity contribution in [2.45, 2.75) is 69.9 Å². The SMILES string of the molecule is CC1C(N)CCc2nc(C3CCCCC3)nn21. The van der Waals surface area contributed by atoms with Crippen LogP contribution in [0, 0.1) is 0 Å². The van der Waals surface area contributed by atoms with Gasteiger partial charge in [0.05, 0.1) is 6.04 Å². The third-order valence-electron chi connectivity index (χ3n) is 4.40. The van der Waals surface area contributed by atoms with Gasteiger partial charge < -0.3 is 5.73 Å². The second-order valence-corrected chi connectivity index (χ2v) is 5.61. The van der Waals surface area contributed by atoms with Crippen LogP contribution in [0.25, 0.3) is 0 Å². The first-order chi connectivity index (χ1) is 8.25. The number of nitrogens with zero attached hydrogens (tertiary/aromatic N) is 3. The molecule has 4 nitrogen and oxygen atoms in total. The maximum atomic E-state index is 6.09. The van der Waals surface area contributed by atoms with Gasteiger partial charge in [0, 0.05) is 18.4 Å². The number of rotatable bonds is 1. The second-order valence-electron chi connectivity index (χ2n) is 5.61. The number of aromatic nitrogens is 3. The Labute approximate surface area is 103 Å². The van der Waals surface area contributed by atoms with Gasteiger partial charge in [-0.1, -0.05) is 19.3 Å². The van der Waals surface area contributed by atoms with Crippen LogP contribution < -0.4 is 5.73 Å². The molecule has 3 rings (SSSR count). The summed E-state index contributed by atoms with van der Waals surface area (Å²) >= 11 is 0. The topological polar surface area (TPSA) is 56.7 Å². The van der Waals surface area contributed by atoms with E-state index in [9.17, 15) is 0 Å². The highest BCUT2D eigenvalue weighted by Crippen LogP contribution is 2.32. The van der Waals surface area contributed by atoms with Crippen LogP contribution in [0.1, 0.15) is 69.1 Å². The minimum Gasteiger partial charge on any atom is -0.326 e. The molecule has 0 spiro atoms. The number of fused-ring (bicyclic) bond motifs is 1. The minimum absolute atomic E-state index is 0.239. The lowest BCUT2D eigenvalue weighted by Crippen LogP contribution is -2.36. The smallest absolute Gasteiger partial charge is 0.154 e. The van der Waals surface area contributed by atoms with Gasteiger partial charge in [-0.3, -0.25) is 0 Å². The van der Waals surface area contributed by atoms with Crippen molar-refractivity contribution in [2.75, 3.05) is 0 Å². The first-order valence-corrected chi connectivity index (χ1v) is 6.96. The van der Waals surface area contributed by atoms with Crippen LogP contribution in [0.15, 0.2) is 0 Å². The molecule has 0 aromatic carbocycles. The van der Waals surface area contributed by atoms with Gasteiger partial charge in [-0.15, -0.1) is 0 Å². The lowest BCUT2D eigenvalue weighted by molar-refractivity contribution is 0.335. The lowest BCUT2D eigenvalue weighted by atomic mass is 9.89. The summed E-state index contributed by atoms with van der Waals surface area (Å²) in [5, 5.41) is 4.73. The lowest BCUT2D eigenvalue weighted by Gasteiger charge is -2.26. The van der Waals surface area contributed by atoms with Crippen molar-refractivity contribution >= 4 is 0 Å². The van der Waals surface area contributed by atoms with Gasteiger partial charge in [-0.05, 0) is 26.2 Å². The molecule has 94 valence electrons. The first kappa shape index (κ1) is 11.2. The standard InChI is InChI=1S/C13H22N4/c1-9-11(14)7-8-12-15-13(16-17(9)12)10-5-3-2-4-6-10/h9-11H,2-8,14H2,1H3. The highest BCUT2D eigenvalue weighted by atomic mass is 15.4. The summed E-state index contributed by atoms with van der Waals surface area (Å²) in [6, 6.07) is 0.548. The van der Waals surface area contributed by atoms with Crippen LogP contribution in [0.4, 0.5) is 0 Å². The molecule has 17 heavy (non-hydrogen) atoms. The zero-order chi connectivity index (χ0) is 11.8. The van der Waals surface area contributed by atoms with E-state index in [1.54, 1.807) is 0 Å². The molecule has 4 heteroatoms. The van der Waals surface area contributed by atoms with Crippen LogP contribution in [0.2, 0.25) is 0 Å². The average molecular weight is 234 g/mol. The number of aryl methyl sites for hydroxylation is 1. The summed E-state index contributed by atoms with van der Waals surface area (Å²) in [4.78, 5) is 4.76. The molecule has 0 amide bonds. The summed E-state index contributed by atoms with van der Waals surface area (Å²) in [5.41, 5.74) is 6.09. The Morgan fingerprint density at radius 1 is 1.18 bits per heavy atom. The molecule has 0 saturated heterocycles. The molecule has 1 fully saturated rings. The van der Waals surface area contributed by atoms with E-state index in [1.165, 1.54) is 32.1 Å². The van der Waals surface area contributed by atoms with Crippen molar-refractivity contribution in [3.8, 4) is 0 Å². The summed E-state index contributed by atoms with van der Waals surface area (Å²) < 4.78 is 2.08.